The zero-order valence-electron chi connectivity index (χ0n) is 7.92. The van der Waals surface area contributed by atoms with E-state index in [1.54, 1.807) is 11.3 Å². The van der Waals surface area contributed by atoms with Gasteiger partial charge in [-0.3, -0.25) is 0 Å². The van der Waals surface area contributed by atoms with Crippen molar-refractivity contribution < 1.29 is 0 Å². The van der Waals surface area contributed by atoms with Crippen molar-refractivity contribution in [2.45, 2.75) is 25.3 Å². The van der Waals surface area contributed by atoms with Gasteiger partial charge >= 0.3 is 0 Å². The maximum Gasteiger partial charge on any atom is 0.184 e. The van der Waals surface area contributed by atoms with Crippen LogP contribution in [0.1, 0.15) is 19.3 Å². The second kappa shape index (κ2) is 4.96. The molecule has 5 heteroatoms. The third kappa shape index (κ3) is 2.83. The van der Waals surface area contributed by atoms with Crippen LogP contribution >= 0.6 is 22.9 Å². The van der Waals surface area contributed by atoms with E-state index < -0.39 is 0 Å². The molecule has 1 saturated heterocycles. The van der Waals surface area contributed by atoms with Crippen LogP contribution in [-0.4, -0.2) is 24.1 Å². The minimum absolute atomic E-state index is 0.580. The van der Waals surface area contributed by atoms with Crippen LogP contribution in [0.15, 0.2) is 5.38 Å². The Morgan fingerprint density at radius 1 is 1.71 bits per heavy atom. The van der Waals surface area contributed by atoms with Gasteiger partial charge in [-0.15, -0.1) is 11.3 Å². The fourth-order valence-corrected chi connectivity index (χ4v) is 2.56. The van der Waals surface area contributed by atoms with Crippen LogP contribution in [0.4, 0.5) is 5.13 Å². The predicted molar refractivity (Wildman–Crippen MR) is 61.3 cm³/mol. The first kappa shape index (κ1) is 10.2. The summed E-state index contributed by atoms with van der Waals surface area (Å²) >= 11 is 7.27. The Morgan fingerprint density at radius 2 is 2.64 bits per heavy atom. The highest BCUT2D eigenvalue weighted by Gasteiger charge is 2.12. The largest absolute Gasteiger partial charge is 0.361 e. The van der Waals surface area contributed by atoms with Crippen LogP contribution in [0.2, 0.25) is 5.15 Å². The van der Waals surface area contributed by atoms with Crippen molar-refractivity contribution in [1.82, 2.24) is 10.3 Å². The molecule has 0 spiro atoms. The van der Waals surface area contributed by atoms with Crippen molar-refractivity contribution in [3.63, 3.8) is 0 Å². The van der Waals surface area contributed by atoms with Crippen molar-refractivity contribution in [2.24, 2.45) is 0 Å². The number of halogens is 1. The van der Waals surface area contributed by atoms with Gasteiger partial charge in [0.2, 0.25) is 0 Å². The molecule has 0 amide bonds. The lowest BCUT2D eigenvalue weighted by Crippen LogP contribution is -2.23. The Labute approximate surface area is 92.9 Å². The second-order valence-electron chi connectivity index (χ2n) is 3.48. The summed E-state index contributed by atoms with van der Waals surface area (Å²) in [4.78, 5) is 4.13. The van der Waals surface area contributed by atoms with E-state index in [0.29, 0.717) is 11.2 Å². The molecule has 0 bridgehead atoms. The number of hydrogen-bond donors (Lipinski definition) is 2. The fraction of sp³-hybridized carbons (Fsp3) is 0.667. The first-order chi connectivity index (χ1) is 6.84. The normalized spacial score (nSPS) is 21.4. The van der Waals surface area contributed by atoms with Gasteiger partial charge in [-0.1, -0.05) is 11.6 Å². The van der Waals surface area contributed by atoms with Crippen LogP contribution < -0.4 is 10.6 Å². The quantitative estimate of drug-likeness (QED) is 0.836. The molecule has 0 aliphatic carbocycles. The zero-order valence-corrected chi connectivity index (χ0v) is 9.50. The van der Waals surface area contributed by atoms with Gasteiger partial charge in [0.05, 0.1) is 0 Å². The fourth-order valence-electron chi connectivity index (χ4n) is 1.69. The Bertz CT molecular complexity index is 283. The van der Waals surface area contributed by atoms with E-state index in [1.807, 2.05) is 5.38 Å². The Hall–Kier alpha value is -0.320. The van der Waals surface area contributed by atoms with Gasteiger partial charge in [0.25, 0.3) is 0 Å². The first-order valence-electron chi connectivity index (χ1n) is 4.93. The predicted octanol–water partition coefficient (Wildman–Crippen LogP) is 2.35. The average molecular weight is 232 g/mol. The molecule has 0 saturated carbocycles. The number of hydrogen-bond acceptors (Lipinski definition) is 4. The lowest BCUT2D eigenvalue weighted by molar-refractivity contribution is 0.574. The molecule has 1 aromatic rings. The van der Waals surface area contributed by atoms with Crippen LogP contribution in [0.5, 0.6) is 0 Å². The molecule has 2 rings (SSSR count). The topological polar surface area (TPSA) is 37.0 Å². The molecule has 2 N–H and O–H groups in total. The summed E-state index contributed by atoms with van der Waals surface area (Å²) in [7, 11) is 0. The Morgan fingerprint density at radius 3 is 3.29 bits per heavy atom. The lowest BCUT2D eigenvalue weighted by Gasteiger charge is -2.09. The number of nitrogens with zero attached hydrogens (tertiary/aromatic N) is 1. The summed E-state index contributed by atoms with van der Waals surface area (Å²) in [5.74, 6) is 0. The summed E-state index contributed by atoms with van der Waals surface area (Å²) < 4.78 is 0. The third-order valence-electron chi connectivity index (χ3n) is 2.41. The summed E-state index contributed by atoms with van der Waals surface area (Å²) in [5, 5.41) is 10.1. The number of rotatable bonds is 4. The number of anilines is 1. The van der Waals surface area contributed by atoms with Crippen LogP contribution in [0.3, 0.4) is 0 Å². The molecule has 1 aliphatic heterocycles. The Kier molecular flexibility index (Phi) is 3.61. The highest BCUT2D eigenvalue weighted by molar-refractivity contribution is 7.14. The van der Waals surface area contributed by atoms with Gasteiger partial charge < -0.3 is 10.6 Å². The summed E-state index contributed by atoms with van der Waals surface area (Å²) in [5.41, 5.74) is 0. The molecule has 0 unspecified atom stereocenters. The minimum atomic E-state index is 0.580. The first-order valence-corrected chi connectivity index (χ1v) is 6.18. The minimum Gasteiger partial charge on any atom is -0.361 e. The molecule has 3 nitrogen and oxygen atoms in total. The van der Waals surface area contributed by atoms with Crippen molar-refractivity contribution in [3.8, 4) is 0 Å². The van der Waals surface area contributed by atoms with Gasteiger partial charge in [-0.25, -0.2) is 4.98 Å². The second-order valence-corrected chi connectivity index (χ2v) is 4.73. The maximum absolute atomic E-state index is 5.71. The van der Waals surface area contributed by atoms with Crippen molar-refractivity contribution in [2.75, 3.05) is 18.4 Å². The van der Waals surface area contributed by atoms with E-state index in [2.05, 4.69) is 15.6 Å². The zero-order chi connectivity index (χ0) is 9.80. The highest BCUT2D eigenvalue weighted by Crippen LogP contribution is 2.19. The van der Waals surface area contributed by atoms with Crippen LogP contribution in [-0.2, 0) is 0 Å². The molecule has 1 fully saturated rings. The number of nitrogens with one attached hydrogen (secondary N) is 2. The summed E-state index contributed by atoms with van der Waals surface area (Å²) in [6.07, 6.45) is 3.78. The van der Waals surface area contributed by atoms with Gasteiger partial charge in [0.15, 0.2) is 5.13 Å². The molecular weight excluding hydrogens is 218 g/mol. The molecule has 0 radical (unpaired) electrons. The number of aromatic nitrogens is 1. The van der Waals surface area contributed by atoms with E-state index in [4.69, 9.17) is 11.6 Å². The smallest absolute Gasteiger partial charge is 0.184 e. The van der Waals surface area contributed by atoms with E-state index in [1.165, 1.54) is 19.4 Å². The molecule has 78 valence electrons. The van der Waals surface area contributed by atoms with Crippen LogP contribution in [0, 0.1) is 0 Å². The Balaban J connectivity index is 1.67. The lowest BCUT2D eigenvalue weighted by atomic mass is 10.2. The molecule has 1 aromatic heterocycles. The van der Waals surface area contributed by atoms with Crippen molar-refractivity contribution in [3.05, 3.63) is 10.5 Å². The standard InChI is InChI=1S/C9H14ClN3S/c10-8-6-14-9(13-8)12-5-3-7-2-1-4-11-7/h6-7,11H,1-5H2,(H,12,13)/t7-/m1/s1. The van der Waals surface area contributed by atoms with Gasteiger partial charge in [-0.2, -0.15) is 0 Å². The van der Waals surface area contributed by atoms with Gasteiger partial charge in [-0.05, 0) is 25.8 Å². The molecule has 1 atom stereocenters. The third-order valence-corrected chi connectivity index (χ3v) is 3.53. The maximum atomic E-state index is 5.71. The SMILES string of the molecule is Clc1csc(NCC[C@H]2CCCN2)n1. The van der Waals surface area contributed by atoms with Crippen LogP contribution in [0.25, 0.3) is 0 Å². The van der Waals surface area contributed by atoms with E-state index in [9.17, 15) is 0 Å². The van der Waals surface area contributed by atoms with Crippen molar-refractivity contribution >= 4 is 28.1 Å². The molecular formula is C9H14ClN3S. The average Bonchev–Trinajstić information content (AvgIpc) is 2.77. The summed E-state index contributed by atoms with van der Waals surface area (Å²) in [6.45, 7) is 2.15. The van der Waals surface area contributed by atoms with E-state index in [-0.39, 0.29) is 0 Å². The molecule has 0 aromatic carbocycles. The van der Waals surface area contributed by atoms with Gasteiger partial charge in [0.1, 0.15) is 5.15 Å². The van der Waals surface area contributed by atoms with E-state index in [0.717, 1.165) is 18.1 Å². The highest BCUT2D eigenvalue weighted by atomic mass is 35.5. The molecule has 14 heavy (non-hydrogen) atoms. The molecule has 2 heterocycles. The monoisotopic (exact) mass is 231 g/mol. The van der Waals surface area contributed by atoms with E-state index >= 15 is 0 Å². The molecule has 1 aliphatic rings. The van der Waals surface area contributed by atoms with Gasteiger partial charge in [0, 0.05) is 18.0 Å². The van der Waals surface area contributed by atoms with Crippen molar-refractivity contribution in [1.29, 1.82) is 0 Å². The summed E-state index contributed by atoms with van der Waals surface area (Å²) in [6, 6.07) is 0.693. The number of thiazole rings is 1.